The van der Waals surface area contributed by atoms with Gasteiger partial charge < -0.3 is 10.4 Å². The van der Waals surface area contributed by atoms with Crippen molar-refractivity contribution in [1.82, 2.24) is 15.1 Å². The first-order valence-corrected chi connectivity index (χ1v) is 17.2. The number of benzene rings is 3. The molecule has 2 aliphatic carbocycles. The SMILES string of the molecule is CCCCNc1c(-c2ccc(-c3nnc(C)c4c3CC[C@@H]3[C@H](CO)[C@@H]3CC4)cc2)cc2c3c(cccc13)C(=O)N(CCCC)C2=O. The number of imide groups is 1. The average molecular weight is 617 g/mol. The maximum Gasteiger partial charge on any atom is 0.261 e. The number of aliphatic hydroxyl groups excluding tert-OH is 1. The van der Waals surface area contributed by atoms with Crippen molar-refractivity contribution in [3.05, 3.63) is 76.5 Å². The van der Waals surface area contributed by atoms with Crippen LogP contribution in [-0.4, -0.2) is 51.7 Å². The molecule has 4 aromatic rings. The molecule has 1 aliphatic heterocycles. The molecule has 0 unspecified atom stereocenters. The highest BCUT2D eigenvalue weighted by Gasteiger charge is 2.49. The number of anilines is 1. The van der Waals surface area contributed by atoms with E-state index in [0.29, 0.717) is 42.0 Å². The molecule has 1 fully saturated rings. The van der Waals surface area contributed by atoms with E-state index < -0.39 is 0 Å². The topological polar surface area (TPSA) is 95.4 Å². The number of hydrogen-bond acceptors (Lipinski definition) is 6. The van der Waals surface area contributed by atoms with Crippen LogP contribution in [0.5, 0.6) is 0 Å². The summed E-state index contributed by atoms with van der Waals surface area (Å²) in [6, 6.07) is 16.3. The quantitative estimate of drug-likeness (QED) is 0.141. The Morgan fingerprint density at radius 2 is 1.54 bits per heavy atom. The minimum Gasteiger partial charge on any atom is -0.396 e. The molecule has 7 nitrogen and oxygen atoms in total. The summed E-state index contributed by atoms with van der Waals surface area (Å²) in [6.45, 7) is 7.83. The Kier molecular flexibility index (Phi) is 8.36. The Morgan fingerprint density at radius 3 is 2.26 bits per heavy atom. The molecular formula is C39H44N4O3. The van der Waals surface area contributed by atoms with Crippen molar-refractivity contribution in [3.63, 3.8) is 0 Å². The van der Waals surface area contributed by atoms with E-state index in [0.717, 1.165) is 102 Å². The van der Waals surface area contributed by atoms with Gasteiger partial charge in [-0.15, -0.1) is 5.10 Å². The second kappa shape index (κ2) is 12.6. The molecule has 0 radical (unpaired) electrons. The number of carbonyl (C=O) groups excluding carboxylic acids is 2. The fraction of sp³-hybridized carbons (Fsp3) is 0.436. The van der Waals surface area contributed by atoms with Gasteiger partial charge in [-0.1, -0.05) is 63.1 Å². The van der Waals surface area contributed by atoms with Crippen LogP contribution in [0.15, 0.2) is 48.5 Å². The molecule has 1 saturated carbocycles. The lowest BCUT2D eigenvalue weighted by molar-refractivity contribution is 0.0608. The van der Waals surface area contributed by atoms with Crippen molar-refractivity contribution in [2.45, 2.75) is 72.1 Å². The predicted octanol–water partition coefficient (Wildman–Crippen LogP) is 7.61. The molecule has 7 rings (SSSR count). The van der Waals surface area contributed by atoms with Crippen molar-refractivity contribution >= 4 is 28.3 Å². The molecule has 0 saturated heterocycles. The van der Waals surface area contributed by atoms with E-state index in [1.807, 2.05) is 24.3 Å². The number of aromatic nitrogens is 2. The summed E-state index contributed by atoms with van der Waals surface area (Å²) >= 11 is 0. The van der Waals surface area contributed by atoms with E-state index in [9.17, 15) is 14.7 Å². The van der Waals surface area contributed by atoms with Gasteiger partial charge in [0.05, 0.1) is 11.4 Å². The molecule has 3 aliphatic rings. The molecule has 3 atom stereocenters. The lowest BCUT2D eigenvalue weighted by Gasteiger charge is -2.29. The lowest BCUT2D eigenvalue weighted by Crippen LogP contribution is -2.41. The standard InChI is InChI=1S/C39H44N4O3/c1-4-6-19-40-37-30-9-8-10-31-35(30)33(39(46)43(38(31)45)20-7-5-2)21-32(37)24-11-13-25(14-12-24)36-29-18-17-28-27(34(28)22-44)16-15-26(29)23(3)41-42-36/h8-14,21,27-28,34,40,44H,4-7,15-20,22H2,1-3H3/t27-,28+,34-/m1/s1. The first kappa shape index (κ1) is 30.5. The van der Waals surface area contributed by atoms with Gasteiger partial charge in [-0.3, -0.25) is 14.5 Å². The highest BCUT2D eigenvalue weighted by molar-refractivity contribution is 6.28. The van der Waals surface area contributed by atoms with Gasteiger partial charge in [-0.05, 0) is 92.0 Å². The number of amides is 2. The zero-order chi connectivity index (χ0) is 31.9. The molecule has 238 valence electrons. The molecule has 0 spiro atoms. The van der Waals surface area contributed by atoms with Crippen molar-refractivity contribution < 1.29 is 14.7 Å². The Balaban J connectivity index is 1.30. The van der Waals surface area contributed by atoms with Gasteiger partial charge in [0.25, 0.3) is 11.8 Å². The van der Waals surface area contributed by atoms with Gasteiger partial charge in [0.2, 0.25) is 0 Å². The Labute approximate surface area is 271 Å². The van der Waals surface area contributed by atoms with Gasteiger partial charge in [-0.25, -0.2) is 0 Å². The second-order valence-electron chi connectivity index (χ2n) is 13.4. The van der Waals surface area contributed by atoms with Gasteiger partial charge in [0.1, 0.15) is 0 Å². The highest BCUT2D eigenvalue weighted by atomic mass is 16.3. The number of aliphatic hydroxyl groups is 1. The number of aryl methyl sites for hydroxylation is 1. The van der Waals surface area contributed by atoms with Gasteiger partial charge in [-0.2, -0.15) is 5.10 Å². The Hall–Kier alpha value is -4.10. The van der Waals surface area contributed by atoms with Crippen LogP contribution in [0, 0.1) is 24.7 Å². The normalized spacial score (nSPS) is 20.3. The van der Waals surface area contributed by atoms with E-state index >= 15 is 0 Å². The molecule has 0 bridgehead atoms. The lowest BCUT2D eigenvalue weighted by atomic mass is 9.87. The summed E-state index contributed by atoms with van der Waals surface area (Å²) < 4.78 is 0. The highest BCUT2D eigenvalue weighted by Crippen LogP contribution is 2.53. The summed E-state index contributed by atoms with van der Waals surface area (Å²) in [4.78, 5) is 28.8. The number of hydrogen-bond donors (Lipinski definition) is 2. The fourth-order valence-corrected chi connectivity index (χ4v) is 8.06. The maximum absolute atomic E-state index is 13.9. The molecular weight excluding hydrogens is 572 g/mol. The molecule has 2 N–H and O–H groups in total. The number of rotatable bonds is 10. The van der Waals surface area contributed by atoms with E-state index in [4.69, 9.17) is 5.10 Å². The van der Waals surface area contributed by atoms with Gasteiger partial charge in [0, 0.05) is 58.4 Å². The van der Waals surface area contributed by atoms with Crippen LogP contribution in [0.4, 0.5) is 5.69 Å². The molecule has 1 aromatic heterocycles. The van der Waals surface area contributed by atoms with Gasteiger partial charge in [0.15, 0.2) is 0 Å². The largest absolute Gasteiger partial charge is 0.396 e. The summed E-state index contributed by atoms with van der Waals surface area (Å²) in [5, 5.41) is 24.5. The number of nitrogens with one attached hydrogen (secondary N) is 1. The molecule has 46 heavy (non-hydrogen) atoms. The summed E-state index contributed by atoms with van der Waals surface area (Å²) in [6.07, 6.45) is 7.89. The summed E-state index contributed by atoms with van der Waals surface area (Å²) in [5.74, 6) is 1.29. The van der Waals surface area contributed by atoms with E-state index in [1.54, 1.807) is 0 Å². The minimum atomic E-state index is -0.213. The van der Waals surface area contributed by atoms with E-state index in [-0.39, 0.29) is 11.8 Å². The zero-order valence-corrected chi connectivity index (χ0v) is 27.2. The molecule has 2 heterocycles. The summed E-state index contributed by atoms with van der Waals surface area (Å²) in [5.41, 5.74) is 9.74. The number of carbonyl (C=O) groups is 2. The van der Waals surface area contributed by atoms with Crippen LogP contribution < -0.4 is 5.32 Å². The third-order valence-electron chi connectivity index (χ3n) is 10.7. The van der Waals surface area contributed by atoms with Crippen LogP contribution in [0.25, 0.3) is 33.2 Å². The summed E-state index contributed by atoms with van der Waals surface area (Å²) in [7, 11) is 0. The average Bonchev–Trinajstić information content (AvgIpc) is 3.74. The van der Waals surface area contributed by atoms with E-state index in [2.05, 4.69) is 55.5 Å². The van der Waals surface area contributed by atoms with Crippen LogP contribution in [0.1, 0.15) is 89.9 Å². The molecule has 3 aromatic carbocycles. The first-order valence-electron chi connectivity index (χ1n) is 17.2. The maximum atomic E-state index is 13.9. The van der Waals surface area contributed by atoms with Crippen LogP contribution >= 0.6 is 0 Å². The minimum absolute atomic E-state index is 0.203. The fourth-order valence-electron chi connectivity index (χ4n) is 8.06. The van der Waals surface area contributed by atoms with Crippen molar-refractivity contribution in [1.29, 1.82) is 0 Å². The third kappa shape index (κ3) is 5.19. The van der Waals surface area contributed by atoms with Gasteiger partial charge >= 0.3 is 0 Å². The zero-order valence-electron chi connectivity index (χ0n) is 27.2. The van der Waals surface area contributed by atoms with Crippen LogP contribution in [0.3, 0.4) is 0 Å². The Bertz CT molecular complexity index is 1810. The monoisotopic (exact) mass is 616 g/mol. The molecule has 2 amide bonds. The van der Waals surface area contributed by atoms with Crippen molar-refractivity contribution in [2.24, 2.45) is 17.8 Å². The third-order valence-corrected chi connectivity index (χ3v) is 10.7. The molecule has 7 heteroatoms. The number of fused-ring (bicyclic) bond motifs is 2. The van der Waals surface area contributed by atoms with E-state index in [1.165, 1.54) is 16.0 Å². The first-order chi connectivity index (χ1) is 22.5. The van der Waals surface area contributed by atoms with Crippen molar-refractivity contribution in [3.8, 4) is 22.4 Å². The number of unbranched alkanes of at least 4 members (excludes halogenated alkanes) is 2. The predicted molar refractivity (Wildman–Crippen MR) is 183 cm³/mol. The number of nitrogens with zero attached hydrogens (tertiary/aromatic N) is 3. The smallest absolute Gasteiger partial charge is 0.261 e. The Morgan fingerprint density at radius 1 is 0.848 bits per heavy atom. The van der Waals surface area contributed by atoms with Crippen molar-refractivity contribution in [2.75, 3.05) is 25.0 Å². The second-order valence-corrected chi connectivity index (χ2v) is 13.4. The van der Waals surface area contributed by atoms with Crippen LogP contribution in [-0.2, 0) is 12.8 Å². The van der Waals surface area contributed by atoms with Crippen LogP contribution in [0.2, 0.25) is 0 Å².